The van der Waals surface area contributed by atoms with Crippen molar-refractivity contribution in [2.24, 2.45) is 0 Å². The molecule has 3 N–H and O–H groups in total. The van der Waals surface area contributed by atoms with E-state index in [0.717, 1.165) is 32.1 Å². The Labute approximate surface area is 276 Å². The lowest BCUT2D eigenvalue weighted by Crippen LogP contribution is -2.64. The topological polar surface area (TPSA) is 106 Å². The number of allylic oxidation sites excluding steroid dienone is 2. The quantitative estimate of drug-likeness (QED) is 0.0543. The van der Waals surface area contributed by atoms with Crippen molar-refractivity contribution in [3.63, 3.8) is 0 Å². The maximum atomic E-state index is 13.0. The molecule has 1 unspecified atom stereocenters. The summed E-state index contributed by atoms with van der Waals surface area (Å²) in [7, 11) is 3.26. The molecule has 1 aliphatic rings. The molecule has 1 saturated heterocycles. The van der Waals surface area contributed by atoms with Crippen LogP contribution in [-0.4, -0.2) is 80.3 Å². The first kappa shape index (κ1) is 42.0. The Morgan fingerprint density at radius 2 is 1.40 bits per heavy atom. The first-order valence-electron chi connectivity index (χ1n) is 18.6. The predicted molar refractivity (Wildman–Crippen MR) is 183 cm³/mol. The summed E-state index contributed by atoms with van der Waals surface area (Å²) in [5.41, 5.74) is 0. The van der Waals surface area contributed by atoms with Gasteiger partial charge in [0, 0.05) is 33.9 Å². The number of carbonyl (C=O) groups is 1. The summed E-state index contributed by atoms with van der Waals surface area (Å²) in [6.07, 6.45) is 25.8. The highest BCUT2D eigenvalue weighted by atomic mass is 16.7. The normalized spacial score (nSPS) is 22.7. The average Bonchev–Trinajstić information content (AvgIpc) is 3.04. The van der Waals surface area contributed by atoms with Gasteiger partial charge in [0.25, 0.3) is 0 Å². The summed E-state index contributed by atoms with van der Waals surface area (Å²) in [6, 6.07) is -0.645. The van der Waals surface area contributed by atoms with Gasteiger partial charge in [0.2, 0.25) is 5.91 Å². The van der Waals surface area contributed by atoms with E-state index in [1.54, 1.807) is 7.11 Å². The molecule has 266 valence electrons. The molecule has 1 heterocycles. The molecule has 8 nitrogen and oxygen atoms in total. The second kappa shape index (κ2) is 29.1. The van der Waals surface area contributed by atoms with Crippen molar-refractivity contribution in [1.82, 2.24) is 5.32 Å². The largest absolute Gasteiger partial charge is 0.396 e. The molecule has 1 amide bonds. The maximum absolute atomic E-state index is 13.0. The zero-order chi connectivity index (χ0) is 33.0. The van der Waals surface area contributed by atoms with Crippen LogP contribution in [-0.2, 0) is 23.7 Å². The molecule has 0 aromatic rings. The second-order valence-electron chi connectivity index (χ2n) is 12.9. The molecule has 0 radical (unpaired) electrons. The van der Waals surface area contributed by atoms with Gasteiger partial charge in [0.1, 0.15) is 18.2 Å². The summed E-state index contributed by atoms with van der Waals surface area (Å²) < 4.78 is 23.5. The van der Waals surface area contributed by atoms with Crippen molar-refractivity contribution < 1.29 is 34.0 Å². The minimum atomic E-state index is -0.995. The van der Waals surface area contributed by atoms with E-state index in [0.29, 0.717) is 19.4 Å². The number of aliphatic hydroxyl groups is 2. The van der Waals surface area contributed by atoms with Gasteiger partial charge in [-0.3, -0.25) is 4.79 Å². The molecule has 0 aromatic carbocycles. The number of aliphatic hydroxyl groups excluding tert-OH is 2. The van der Waals surface area contributed by atoms with E-state index >= 15 is 0 Å². The van der Waals surface area contributed by atoms with Gasteiger partial charge in [-0.2, -0.15) is 0 Å². The van der Waals surface area contributed by atoms with Crippen LogP contribution in [0.25, 0.3) is 0 Å². The van der Waals surface area contributed by atoms with Crippen molar-refractivity contribution in [2.45, 2.75) is 192 Å². The molecular formula is C37H71NO7. The Balaban J connectivity index is 2.42. The van der Waals surface area contributed by atoms with E-state index in [1.807, 2.05) is 0 Å². The number of hydrogen-bond donors (Lipinski definition) is 3. The summed E-state index contributed by atoms with van der Waals surface area (Å²) in [4.78, 5) is 13.0. The van der Waals surface area contributed by atoms with E-state index in [4.69, 9.17) is 18.9 Å². The summed E-state index contributed by atoms with van der Waals surface area (Å²) in [6.45, 7) is 4.73. The van der Waals surface area contributed by atoms with Crippen LogP contribution < -0.4 is 5.32 Å². The van der Waals surface area contributed by atoms with Crippen molar-refractivity contribution in [3.05, 3.63) is 12.2 Å². The minimum Gasteiger partial charge on any atom is -0.396 e. The van der Waals surface area contributed by atoms with Crippen LogP contribution in [0, 0.1) is 0 Å². The fourth-order valence-corrected chi connectivity index (χ4v) is 6.14. The van der Waals surface area contributed by atoms with Gasteiger partial charge >= 0.3 is 0 Å². The van der Waals surface area contributed by atoms with Gasteiger partial charge in [0.15, 0.2) is 6.29 Å². The average molecular weight is 642 g/mol. The SMILES string of the molecule is CCCCCCC=CCCCCCCCCCC(=O)NC1[C@H](OC)O[C@H](CCO)[C@@H](O)[C@@H]1OCC[C@@H](CCCCCCC)OC. The standard InChI is InChI=1S/C37H71NO7/c1-5-7-9-11-12-13-14-15-16-17-18-19-20-22-24-26-33(40)38-34-36(35(41)32(27-29-39)45-37(34)43-4)44-30-28-31(42-3)25-23-21-10-8-6-2/h13-14,31-32,34-37,39,41H,5-12,15-30H2,1-4H3,(H,38,40)/t31-,32-,34?,35-,36-,37-/m1/s1. The number of hydrogen-bond acceptors (Lipinski definition) is 7. The molecule has 1 rings (SSSR count). The Bertz CT molecular complexity index is 706. The third kappa shape index (κ3) is 20.1. The van der Waals surface area contributed by atoms with Gasteiger partial charge < -0.3 is 34.5 Å². The third-order valence-electron chi connectivity index (χ3n) is 9.03. The first-order valence-corrected chi connectivity index (χ1v) is 18.6. The summed E-state index contributed by atoms with van der Waals surface area (Å²) in [5.74, 6) is -0.0876. The van der Waals surface area contributed by atoms with Crippen molar-refractivity contribution >= 4 is 5.91 Å². The molecule has 1 aliphatic heterocycles. The van der Waals surface area contributed by atoms with Gasteiger partial charge in [-0.15, -0.1) is 0 Å². The monoisotopic (exact) mass is 642 g/mol. The van der Waals surface area contributed by atoms with Crippen molar-refractivity contribution in [1.29, 1.82) is 0 Å². The van der Waals surface area contributed by atoms with E-state index in [9.17, 15) is 15.0 Å². The highest BCUT2D eigenvalue weighted by Crippen LogP contribution is 2.27. The van der Waals surface area contributed by atoms with E-state index in [1.165, 1.54) is 97.0 Å². The molecule has 0 saturated carbocycles. The number of ether oxygens (including phenoxy) is 4. The van der Waals surface area contributed by atoms with Gasteiger partial charge in [0.05, 0.1) is 12.2 Å². The lowest BCUT2D eigenvalue weighted by molar-refractivity contribution is -0.267. The fraction of sp³-hybridized carbons (Fsp3) is 0.919. The number of methoxy groups -OCH3 is 2. The fourth-order valence-electron chi connectivity index (χ4n) is 6.14. The van der Waals surface area contributed by atoms with Crippen molar-refractivity contribution in [3.8, 4) is 0 Å². The van der Waals surface area contributed by atoms with E-state index < -0.39 is 30.6 Å². The molecule has 0 bridgehead atoms. The lowest BCUT2D eigenvalue weighted by atomic mass is 9.94. The van der Waals surface area contributed by atoms with Gasteiger partial charge in [-0.1, -0.05) is 109 Å². The molecule has 0 spiro atoms. The number of amides is 1. The van der Waals surface area contributed by atoms with E-state index in [-0.39, 0.29) is 25.0 Å². The molecule has 0 aliphatic carbocycles. The predicted octanol–water partition coefficient (Wildman–Crippen LogP) is 7.77. The minimum absolute atomic E-state index is 0.0876. The molecule has 6 atom stereocenters. The summed E-state index contributed by atoms with van der Waals surface area (Å²) >= 11 is 0. The highest BCUT2D eigenvalue weighted by molar-refractivity contribution is 5.76. The van der Waals surface area contributed by atoms with Crippen LogP contribution in [0.2, 0.25) is 0 Å². The van der Waals surface area contributed by atoms with Crippen LogP contribution in [0.4, 0.5) is 0 Å². The molecule has 0 aromatic heterocycles. The van der Waals surface area contributed by atoms with Crippen molar-refractivity contribution in [2.75, 3.05) is 27.4 Å². The molecule has 8 heteroatoms. The Kier molecular flexibility index (Phi) is 27.2. The van der Waals surface area contributed by atoms with Crippen LogP contribution >= 0.6 is 0 Å². The Morgan fingerprint density at radius 1 is 0.822 bits per heavy atom. The molecule has 45 heavy (non-hydrogen) atoms. The number of rotatable bonds is 30. The Morgan fingerprint density at radius 3 is 2.00 bits per heavy atom. The number of nitrogens with one attached hydrogen (secondary N) is 1. The Hall–Kier alpha value is -1.03. The number of carbonyl (C=O) groups excluding carboxylic acids is 1. The smallest absolute Gasteiger partial charge is 0.220 e. The van der Waals surface area contributed by atoms with Crippen LogP contribution in [0.3, 0.4) is 0 Å². The molecular weight excluding hydrogens is 570 g/mol. The first-order chi connectivity index (χ1) is 22.0. The zero-order valence-electron chi connectivity index (χ0n) is 29.5. The number of unbranched alkanes of at least 4 members (excludes halogenated alkanes) is 15. The summed E-state index contributed by atoms with van der Waals surface area (Å²) in [5, 5.41) is 23.7. The van der Waals surface area contributed by atoms with Crippen LogP contribution in [0.5, 0.6) is 0 Å². The molecule has 1 fully saturated rings. The van der Waals surface area contributed by atoms with Crippen LogP contribution in [0.1, 0.15) is 155 Å². The lowest BCUT2D eigenvalue weighted by Gasteiger charge is -2.44. The highest BCUT2D eigenvalue weighted by Gasteiger charge is 2.46. The maximum Gasteiger partial charge on any atom is 0.220 e. The van der Waals surface area contributed by atoms with Gasteiger partial charge in [-0.05, 0) is 51.4 Å². The third-order valence-corrected chi connectivity index (χ3v) is 9.03. The second-order valence-corrected chi connectivity index (χ2v) is 12.9. The van der Waals surface area contributed by atoms with Gasteiger partial charge in [-0.25, -0.2) is 0 Å². The van der Waals surface area contributed by atoms with E-state index in [2.05, 4.69) is 31.3 Å². The zero-order valence-corrected chi connectivity index (χ0v) is 29.5. The van der Waals surface area contributed by atoms with Crippen LogP contribution in [0.15, 0.2) is 12.2 Å².